The molecule has 0 aliphatic carbocycles. The van der Waals surface area contributed by atoms with Gasteiger partial charge in [-0.3, -0.25) is 19.9 Å². The molecule has 1 aliphatic heterocycles. The Balaban J connectivity index is 1.67. The molecule has 1 atom stereocenters. The van der Waals surface area contributed by atoms with Gasteiger partial charge >= 0.3 is 0 Å². The van der Waals surface area contributed by atoms with E-state index in [-0.39, 0.29) is 30.1 Å². The number of nitrogens with two attached hydrogens (primary N) is 1. The van der Waals surface area contributed by atoms with Gasteiger partial charge in [0.1, 0.15) is 5.70 Å². The molecule has 2 amide bonds. The van der Waals surface area contributed by atoms with E-state index in [1.807, 2.05) is 31.2 Å². The molecular weight excluding hydrogens is 442 g/mol. The third-order valence-electron chi connectivity index (χ3n) is 5.68. The van der Waals surface area contributed by atoms with Crippen molar-refractivity contribution in [2.75, 3.05) is 23.0 Å². The fourth-order valence-corrected chi connectivity index (χ4v) is 3.64. The Morgan fingerprint density at radius 2 is 2.09 bits per heavy atom. The van der Waals surface area contributed by atoms with Crippen LogP contribution in [-0.2, 0) is 4.79 Å². The lowest BCUT2D eigenvalue weighted by Gasteiger charge is -2.22. The zero-order valence-corrected chi connectivity index (χ0v) is 20.4. The van der Waals surface area contributed by atoms with Crippen molar-refractivity contribution in [1.29, 1.82) is 0 Å². The first kappa shape index (κ1) is 25.5. The second kappa shape index (κ2) is 12.4. The number of nitrogens with one attached hydrogen (secondary N) is 4. The molecule has 6 N–H and O–H groups in total. The van der Waals surface area contributed by atoms with Crippen molar-refractivity contribution in [3.63, 3.8) is 0 Å². The molecule has 1 aromatic carbocycles. The number of carbonyl (C=O) groups is 2. The average molecular weight is 476 g/mol. The Hall–Kier alpha value is -4.14. The number of aliphatic imine (C=N–C) groups is 1. The largest absolute Gasteiger partial charge is 0.396 e. The molecule has 0 fully saturated rings. The van der Waals surface area contributed by atoms with Crippen molar-refractivity contribution in [3.05, 3.63) is 71.7 Å². The maximum Gasteiger partial charge on any atom is 0.271 e. The van der Waals surface area contributed by atoms with Crippen LogP contribution in [0.4, 0.5) is 17.3 Å². The lowest BCUT2D eigenvalue weighted by atomic mass is 9.89. The van der Waals surface area contributed by atoms with E-state index < -0.39 is 0 Å². The fraction of sp³-hybridized carbons (Fsp3) is 0.308. The molecule has 0 radical (unpaired) electrons. The van der Waals surface area contributed by atoms with Gasteiger partial charge in [-0.05, 0) is 43.5 Å². The molecule has 9 nitrogen and oxygen atoms in total. The zero-order chi connectivity index (χ0) is 25.2. The summed E-state index contributed by atoms with van der Waals surface area (Å²) in [6, 6.07) is 5.08. The Kier molecular flexibility index (Phi) is 9.00. The van der Waals surface area contributed by atoms with E-state index in [0.717, 1.165) is 30.5 Å². The summed E-state index contributed by atoms with van der Waals surface area (Å²) in [5, 5.41) is 8.56. The van der Waals surface area contributed by atoms with Crippen LogP contribution in [0.3, 0.4) is 0 Å². The van der Waals surface area contributed by atoms with E-state index in [2.05, 4.69) is 44.8 Å². The number of imidazole rings is 1. The summed E-state index contributed by atoms with van der Waals surface area (Å²) in [7, 11) is 0. The SMILES string of the molecule is C/C=C\C=C1\C=C(C(=O)NCNc2cccc(C(=O)Nc3ncc[nH]3)c2N)N=C(CCCC)C1C. The Morgan fingerprint density at radius 3 is 2.80 bits per heavy atom. The summed E-state index contributed by atoms with van der Waals surface area (Å²) in [5.74, 6) is -0.171. The van der Waals surface area contributed by atoms with Crippen LogP contribution < -0.4 is 21.7 Å². The number of hydrogen-bond donors (Lipinski definition) is 5. The number of unbranched alkanes of at least 4 members (excludes halogenated alkanes) is 1. The molecule has 184 valence electrons. The number of benzene rings is 1. The van der Waals surface area contributed by atoms with E-state index >= 15 is 0 Å². The highest BCUT2D eigenvalue weighted by molar-refractivity contribution is 6.08. The van der Waals surface area contributed by atoms with Crippen molar-refractivity contribution in [2.24, 2.45) is 10.9 Å². The van der Waals surface area contributed by atoms with Gasteiger partial charge in [0.25, 0.3) is 11.8 Å². The van der Waals surface area contributed by atoms with E-state index in [4.69, 9.17) is 5.73 Å². The summed E-state index contributed by atoms with van der Waals surface area (Å²) >= 11 is 0. The quantitative estimate of drug-likeness (QED) is 0.256. The number of para-hydroxylation sites is 1. The Bertz CT molecular complexity index is 1160. The monoisotopic (exact) mass is 475 g/mol. The van der Waals surface area contributed by atoms with Crippen LogP contribution in [0.1, 0.15) is 50.4 Å². The molecule has 0 saturated heterocycles. The van der Waals surface area contributed by atoms with Crippen LogP contribution in [0.25, 0.3) is 0 Å². The van der Waals surface area contributed by atoms with Crippen LogP contribution in [0.5, 0.6) is 0 Å². The summed E-state index contributed by atoms with van der Waals surface area (Å²) < 4.78 is 0. The van der Waals surface area contributed by atoms with E-state index in [9.17, 15) is 9.59 Å². The number of anilines is 3. The maximum atomic E-state index is 12.9. The standard InChI is InChI=1S/C26H33N7O2/c1-4-6-9-18-15-22(32-20(17(18)3)11-7-5-2)25(35)31-16-30-21-12-8-10-19(23(21)27)24(34)33-26-28-13-14-29-26/h4,6,8-10,12-15,17,30H,5,7,11,16,27H2,1-3H3,(H,31,35)(H2,28,29,33,34)/b6-4-,18-9-. The molecule has 9 heteroatoms. The maximum absolute atomic E-state index is 12.9. The summed E-state index contributed by atoms with van der Waals surface area (Å²) in [6.07, 6.45) is 13.9. The highest BCUT2D eigenvalue weighted by Gasteiger charge is 2.22. The molecule has 1 aliphatic rings. The van der Waals surface area contributed by atoms with Gasteiger partial charge in [0.2, 0.25) is 5.95 Å². The van der Waals surface area contributed by atoms with Crippen LogP contribution in [-0.4, -0.2) is 34.2 Å². The number of nitrogen functional groups attached to an aromatic ring is 1. The number of amides is 2. The van der Waals surface area contributed by atoms with Gasteiger partial charge in [-0.2, -0.15) is 0 Å². The first-order valence-corrected chi connectivity index (χ1v) is 11.8. The molecular formula is C26H33N7O2. The minimum Gasteiger partial charge on any atom is -0.396 e. The molecule has 2 aromatic rings. The molecule has 35 heavy (non-hydrogen) atoms. The summed E-state index contributed by atoms with van der Waals surface area (Å²) in [4.78, 5) is 36.9. The molecule has 2 heterocycles. The molecule has 0 saturated carbocycles. The first-order valence-electron chi connectivity index (χ1n) is 11.8. The van der Waals surface area contributed by atoms with Crippen LogP contribution >= 0.6 is 0 Å². The zero-order valence-electron chi connectivity index (χ0n) is 20.4. The number of aromatic nitrogens is 2. The number of nitrogens with zero attached hydrogens (tertiary/aromatic N) is 2. The average Bonchev–Trinajstić information content (AvgIpc) is 3.36. The molecule has 1 aromatic heterocycles. The highest BCUT2D eigenvalue weighted by atomic mass is 16.2. The smallest absolute Gasteiger partial charge is 0.271 e. The molecule has 1 unspecified atom stereocenters. The van der Waals surface area contributed by atoms with Crippen molar-refractivity contribution in [1.82, 2.24) is 15.3 Å². The third kappa shape index (κ3) is 6.69. The normalized spacial score (nSPS) is 16.7. The van der Waals surface area contributed by atoms with Crippen LogP contribution in [0, 0.1) is 5.92 Å². The lowest BCUT2D eigenvalue weighted by Crippen LogP contribution is -2.32. The van der Waals surface area contributed by atoms with Crippen LogP contribution in [0.2, 0.25) is 0 Å². The van der Waals surface area contributed by atoms with Crippen molar-refractivity contribution >= 4 is 34.8 Å². The minimum atomic E-state index is -0.388. The number of aromatic amines is 1. The van der Waals surface area contributed by atoms with Crippen molar-refractivity contribution in [2.45, 2.75) is 40.0 Å². The Morgan fingerprint density at radius 1 is 1.26 bits per heavy atom. The highest BCUT2D eigenvalue weighted by Crippen LogP contribution is 2.26. The van der Waals surface area contributed by atoms with Crippen molar-refractivity contribution < 1.29 is 9.59 Å². The topological polar surface area (TPSA) is 137 Å². The minimum absolute atomic E-state index is 0.118. The van der Waals surface area contributed by atoms with Gasteiger partial charge < -0.3 is 21.4 Å². The second-order valence-electron chi connectivity index (χ2n) is 8.17. The van der Waals surface area contributed by atoms with Crippen molar-refractivity contribution in [3.8, 4) is 0 Å². The van der Waals surface area contributed by atoms with Gasteiger partial charge in [0.15, 0.2) is 0 Å². The first-order chi connectivity index (χ1) is 16.9. The number of hydrogen-bond acceptors (Lipinski definition) is 6. The lowest BCUT2D eigenvalue weighted by molar-refractivity contribution is -0.117. The third-order valence-corrected chi connectivity index (χ3v) is 5.68. The Labute approximate surface area is 205 Å². The van der Waals surface area contributed by atoms with Crippen LogP contribution in [0.15, 0.2) is 71.2 Å². The second-order valence-corrected chi connectivity index (χ2v) is 8.17. The number of rotatable bonds is 10. The van der Waals surface area contributed by atoms with Gasteiger partial charge in [0.05, 0.1) is 23.6 Å². The van der Waals surface area contributed by atoms with Gasteiger partial charge in [-0.15, -0.1) is 0 Å². The van der Waals surface area contributed by atoms with Gasteiger partial charge in [-0.1, -0.05) is 44.6 Å². The van der Waals surface area contributed by atoms with E-state index in [0.29, 0.717) is 22.9 Å². The van der Waals surface area contributed by atoms with Gasteiger partial charge in [0, 0.05) is 24.0 Å². The molecule has 3 rings (SSSR count). The predicted octanol–water partition coefficient (Wildman–Crippen LogP) is 4.40. The van der Waals surface area contributed by atoms with E-state index in [1.54, 1.807) is 24.4 Å². The van der Waals surface area contributed by atoms with E-state index in [1.165, 1.54) is 6.20 Å². The number of allylic oxidation sites excluding steroid dienone is 5. The number of H-pyrrole nitrogens is 1. The fourth-order valence-electron chi connectivity index (χ4n) is 3.64. The summed E-state index contributed by atoms with van der Waals surface area (Å²) in [6.45, 7) is 6.34. The summed E-state index contributed by atoms with van der Waals surface area (Å²) in [5.41, 5.74) is 9.76. The molecule has 0 spiro atoms. The number of carbonyl (C=O) groups excluding carboxylic acids is 2. The predicted molar refractivity (Wildman–Crippen MR) is 141 cm³/mol. The molecule has 0 bridgehead atoms. The van der Waals surface area contributed by atoms with Gasteiger partial charge in [-0.25, -0.2) is 4.98 Å².